The second kappa shape index (κ2) is 6.38. The second-order valence-electron chi connectivity index (χ2n) is 4.20. The number of nitrogens with zero attached hydrogens (tertiary/aromatic N) is 1. The fourth-order valence-corrected chi connectivity index (χ4v) is 2.50. The maximum Gasteiger partial charge on any atom is 0.0445 e. The number of aliphatic hydroxyl groups excluding tert-OH is 1. The first-order chi connectivity index (χ1) is 6.83. The molecule has 84 valence electrons. The van der Waals surface area contributed by atoms with Crippen molar-refractivity contribution in [3.8, 4) is 0 Å². The van der Waals surface area contributed by atoms with Gasteiger partial charge >= 0.3 is 0 Å². The third-order valence-electron chi connectivity index (χ3n) is 3.35. The predicted molar refractivity (Wildman–Crippen MR) is 59.2 cm³/mol. The molecule has 0 aromatic heterocycles. The Balaban J connectivity index is 2.51. The van der Waals surface area contributed by atoms with Gasteiger partial charge in [-0.05, 0) is 32.2 Å². The van der Waals surface area contributed by atoms with E-state index in [4.69, 9.17) is 10.8 Å². The summed E-state index contributed by atoms with van der Waals surface area (Å²) in [6.07, 6.45) is 5.87. The Hall–Kier alpha value is -0.120. The molecular weight excluding hydrogens is 176 g/mol. The molecule has 1 aliphatic heterocycles. The maximum atomic E-state index is 9.01. The van der Waals surface area contributed by atoms with Crippen molar-refractivity contribution in [3.63, 3.8) is 0 Å². The second-order valence-corrected chi connectivity index (χ2v) is 4.20. The summed E-state index contributed by atoms with van der Waals surface area (Å²) in [4.78, 5) is 2.51. The number of nitrogens with two attached hydrogens (primary N) is 1. The average Bonchev–Trinajstić information content (AvgIpc) is 2.23. The Morgan fingerprint density at radius 1 is 1.50 bits per heavy atom. The summed E-state index contributed by atoms with van der Waals surface area (Å²) in [5.74, 6) is 0. The molecule has 0 bridgehead atoms. The summed E-state index contributed by atoms with van der Waals surface area (Å²) < 4.78 is 0. The molecule has 0 aromatic rings. The Labute approximate surface area is 87.3 Å². The summed E-state index contributed by atoms with van der Waals surface area (Å²) >= 11 is 0. The third-order valence-corrected chi connectivity index (χ3v) is 3.35. The zero-order valence-corrected chi connectivity index (χ0v) is 9.28. The molecule has 3 nitrogen and oxygen atoms in total. The van der Waals surface area contributed by atoms with Gasteiger partial charge in [-0.3, -0.25) is 4.90 Å². The topological polar surface area (TPSA) is 49.5 Å². The molecule has 2 unspecified atom stereocenters. The highest BCUT2D eigenvalue weighted by Crippen LogP contribution is 2.22. The van der Waals surface area contributed by atoms with E-state index in [1.165, 1.54) is 25.8 Å². The fourth-order valence-electron chi connectivity index (χ4n) is 2.50. The lowest BCUT2D eigenvalue weighted by atomic mass is 9.96. The number of hydrogen-bond acceptors (Lipinski definition) is 3. The maximum absolute atomic E-state index is 9.01. The number of likely N-dealkylation sites (tertiary alicyclic amines) is 1. The van der Waals surface area contributed by atoms with Gasteiger partial charge in [0.2, 0.25) is 0 Å². The highest BCUT2D eigenvalue weighted by molar-refractivity contribution is 4.82. The van der Waals surface area contributed by atoms with Crippen LogP contribution >= 0.6 is 0 Å². The van der Waals surface area contributed by atoms with E-state index in [2.05, 4.69) is 11.8 Å². The average molecular weight is 200 g/mol. The monoisotopic (exact) mass is 200 g/mol. The van der Waals surface area contributed by atoms with Crippen molar-refractivity contribution < 1.29 is 5.11 Å². The lowest BCUT2D eigenvalue weighted by Gasteiger charge is -2.40. The largest absolute Gasteiger partial charge is 0.396 e. The summed E-state index contributed by atoms with van der Waals surface area (Å²) in [6.45, 7) is 4.42. The number of hydrogen-bond donors (Lipinski definition) is 2. The molecule has 3 N–H and O–H groups in total. The first-order valence-corrected chi connectivity index (χ1v) is 5.90. The minimum absolute atomic E-state index is 0.308. The summed E-state index contributed by atoms with van der Waals surface area (Å²) in [7, 11) is 0. The van der Waals surface area contributed by atoms with Gasteiger partial charge in [-0.15, -0.1) is 0 Å². The van der Waals surface area contributed by atoms with Crippen molar-refractivity contribution in [2.45, 2.75) is 51.1 Å². The zero-order valence-electron chi connectivity index (χ0n) is 9.28. The van der Waals surface area contributed by atoms with E-state index in [0.717, 1.165) is 19.4 Å². The van der Waals surface area contributed by atoms with Crippen LogP contribution in [0.15, 0.2) is 0 Å². The van der Waals surface area contributed by atoms with Gasteiger partial charge in [-0.25, -0.2) is 0 Å². The van der Waals surface area contributed by atoms with Crippen LogP contribution in [0.1, 0.15) is 39.0 Å². The van der Waals surface area contributed by atoms with Crippen LogP contribution in [0.4, 0.5) is 0 Å². The fraction of sp³-hybridized carbons (Fsp3) is 1.00. The van der Waals surface area contributed by atoms with E-state index in [1.54, 1.807) is 0 Å². The van der Waals surface area contributed by atoms with Crippen LogP contribution in [-0.4, -0.2) is 41.8 Å². The molecule has 0 saturated carbocycles. The minimum atomic E-state index is 0.308. The molecule has 0 aliphatic carbocycles. The molecule has 1 aliphatic rings. The van der Waals surface area contributed by atoms with Gasteiger partial charge in [0, 0.05) is 25.2 Å². The Bertz CT molecular complexity index is 146. The third kappa shape index (κ3) is 2.94. The van der Waals surface area contributed by atoms with Gasteiger partial charge in [-0.1, -0.05) is 13.3 Å². The van der Waals surface area contributed by atoms with Gasteiger partial charge < -0.3 is 10.8 Å². The van der Waals surface area contributed by atoms with Crippen LogP contribution in [-0.2, 0) is 0 Å². The van der Waals surface area contributed by atoms with Crippen LogP contribution in [0.2, 0.25) is 0 Å². The highest BCUT2D eigenvalue weighted by atomic mass is 16.3. The molecular formula is C11H24N2O. The van der Waals surface area contributed by atoms with Crippen LogP contribution in [0.5, 0.6) is 0 Å². The molecule has 0 spiro atoms. The van der Waals surface area contributed by atoms with Gasteiger partial charge in [0.05, 0.1) is 0 Å². The van der Waals surface area contributed by atoms with E-state index in [1.807, 2.05) is 0 Å². The molecule has 0 amide bonds. The van der Waals surface area contributed by atoms with Crippen LogP contribution in [0, 0.1) is 0 Å². The molecule has 0 radical (unpaired) electrons. The van der Waals surface area contributed by atoms with Crippen molar-refractivity contribution in [2.75, 3.05) is 19.7 Å². The standard InChI is InChI=1S/C11H24N2O/c1-2-10(9-12)13-7-4-3-5-11(13)6-8-14/h10-11,14H,2-9,12H2,1H3. The van der Waals surface area contributed by atoms with E-state index in [0.29, 0.717) is 18.7 Å². The number of piperidine rings is 1. The van der Waals surface area contributed by atoms with Crippen molar-refractivity contribution in [3.05, 3.63) is 0 Å². The summed E-state index contributed by atoms with van der Waals surface area (Å²) in [5.41, 5.74) is 5.77. The highest BCUT2D eigenvalue weighted by Gasteiger charge is 2.26. The molecule has 3 heteroatoms. The van der Waals surface area contributed by atoms with E-state index in [-0.39, 0.29) is 0 Å². The molecule has 1 rings (SSSR count). The zero-order chi connectivity index (χ0) is 10.4. The first kappa shape index (κ1) is 12.0. The van der Waals surface area contributed by atoms with Crippen molar-refractivity contribution in [1.82, 2.24) is 4.90 Å². The Morgan fingerprint density at radius 2 is 2.29 bits per heavy atom. The van der Waals surface area contributed by atoms with Gasteiger partial charge in [0.15, 0.2) is 0 Å². The molecule has 1 heterocycles. The van der Waals surface area contributed by atoms with Crippen molar-refractivity contribution in [2.24, 2.45) is 5.73 Å². The van der Waals surface area contributed by atoms with Crippen molar-refractivity contribution in [1.29, 1.82) is 0 Å². The number of rotatable bonds is 5. The predicted octanol–water partition coefficient (Wildman–Crippen LogP) is 0.961. The van der Waals surface area contributed by atoms with Gasteiger partial charge in [0.25, 0.3) is 0 Å². The minimum Gasteiger partial charge on any atom is -0.396 e. The van der Waals surface area contributed by atoms with Crippen molar-refractivity contribution >= 4 is 0 Å². The van der Waals surface area contributed by atoms with Crippen LogP contribution < -0.4 is 5.73 Å². The van der Waals surface area contributed by atoms with E-state index >= 15 is 0 Å². The quantitative estimate of drug-likeness (QED) is 0.695. The van der Waals surface area contributed by atoms with Crippen LogP contribution in [0.25, 0.3) is 0 Å². The molecule has 2 atom stereocenters. The van der Waals surface area contributed by atoms with Crippen LogP contribution in [0.3, 0.4) is 0 Å². The molecule has 1 fully saturated rings. The lowest BCUT2D eigenvalue weighted by molar-refractivity contribution is 0.0767. The van der Waals surface area contributed by atoms with Gasteiger partial charge in [0.1, 0.15) is 0 Å². The summed E-state index contributed by atoms with van der Waals surface area (Å²) in [6, 6.07) is 1.09. The molecule has 1 saturated heterocycles. The Kier molecular flexibility index (Phi) is 5.45. The number of aliphatic hydroxyl groups is 1. The summed E-state index contributed by atoms with van der Waals surface area (Å²) in [5, 5.41) is 9.01. The van der Waals surface area contributed by atoms with Gasteiger partial charge in [-0.2, -0.15) is 0 Å². The Morgan fingerprint density at radius 3 is 2.86 bits per heavy atom. The smallest absolute Gasteiger partial charge is 0.0445 e. The molecule has 0 aromatic carbocycles. The first-order valence-electron chi connectivity index (χ1n) is 5.90. The SMILES string of the molecule is CCC(CN)N1CCCCC1CCO. The van der Waals surface area contributed by atoms with E-state index < -0.39 is 0 Å². The molecule has 14 heavy (non-hydrogen) atoms. The lowest BCUT2D eigenvalue weighted by Crippen LogP contribution is -2.49. The van der Waals surface area contributed by atoms with E-state index in [9.17, 15) is 0 Å². The normalized spacial score (nSPS) is 26.4.